The predicted molar refractivity (Wildman–Crippen MR) is 166 cm³/mol. The Hall–Kier alpha value is -1.91. The lowest BCUT2D eigenvalue weighted by Gasteiger charge is -2.45. The number of carbonyl (C=O) groups excluding carboxylic acids is 3. The molecule has 0 bridgehead atoms. The van der Waals surface area contributed by atoms with Gasteiger partial charge in [0.15, 0.2) is 24.6 Å². The van der Waals surface area contributed by atoms with E-state index in [1.807, 2.05) is 0 Å². The molecule has 2 rings (SSSR count). The van der Waals surface area contributed by atoms with E-state index in [1.54, 1.807) is 27.7 Å². The van der Waals surface area contributed by atoms with Crippen LogP contribution in [0, 0.1) is 17.8 Å². The first kappa shape index (κ1) is 41.3. The zero-order valence-electron chi connectivity index (χ0n) is 28.7. The third-order valence-corrected chi connectivity index (χ3v) is 8.88. The maximum atomic E-state index is 12.9. The molecule has 2 fully saturated rings. The molecule has 0 saturated carbocycles. The number of carbonyl (C=O) groups is 3. The van der Waals surface area contributed by atoms with Gasteiger partial charge in [-0.1, -0.05) is 73.6 Å². The molecule has 0 aromatic carbocycles. The molecule has 274 valence electrons. The summed E-state index contributed by atoms with van der Waals surface area (Å²) in [6.07, 6.45) is -6.74. The number of hydrogen-bond donors (Lipinski definition) is 5. The van der Waals surface area contributed by atoms with Crippen LogP contribution >= 0.6 is 0 Å². The average Bonchev–Trinajstić information content (AvgIpc) is 3.30. The fraction of sp³-hybridized carbons (Fsp3) is 0.909. The monoisotopic (exact) mass is 678 g/mol. The second-order valence-electron chi connectivity index (χ2n) is 13.3. The van der Waals surface area contributed by atoms with Crippen molar-refractivity contribution >= 4 is 17.9 Å². The van der Waals surface area contributed by atoms with E-state index in [0.717, 1.165) is 32.1 Å². The molecule has 5 N–H and O–H groups in total. The molecular weight excluding hydrogens is 620 g/mol. The number of aliphatic hydroxyl groups excluding tert-OH is 5. The maximum Gasteiger partial charge on any atom is 0.309 e. The van der Waals surface area contributed by atoms with Crippen molar-refractivity contribution in [1.82, 2.24) is 0 Å². The fourth-order valence-electron chi connectivity index (χ4n) is 5.49. The standard InChI is InChI=1S/C33H58O14/c1-7-20(5)13-11-9-10-12-14-24(37)44-30-26(39)22(16-34)46-33(30,18-36)47-32-27(40)29(45-31(41)21(6)8-2)28(23(17-35)42-32)43-25(38)15-19(3)4/h19-23,26-30,32,34-36,39-40H,7-18H2,1-6H3/t20?,21?,22-,23-,26-,27-,28-,29-,30+,32-,33+/m1/s1. The number of hydrogen-bond acceptors (Lipinski definition) is 14. The van der Waals surface area contributed by atoms with E-state index in [1.165, 1.54) is 0 Å². The second-order valence-corrected chi connectivity index (χ2v) is 13.3. The number of esters is 3. The van der Waals surface area contributed by atoms with Crippen LogP contribution in [0.3, 0.4) is 0 Å². The quantitative estimate of drug-likeness (QED) is 0.0706. The van der Waals surface area contributed by atoms with Crippen LogP contribution in [-0.2, 0) is 42.8 Å². The van der Waals surface area contributed by atoms with E-state index in [2.05, 4.69) is 13.8 Å². The third kappa shape index (κ3) is 11.6. The Kier molecular flexibility index (Phi) is 17.5. The first-order valence-electron chi connectivity index (χ1n) is 17.1. The normalized spacial score (nSPS) is 32.2. The summed E-state index contributed by atoms with van der Waals surface area (Å²) in [6, 6.07) is 0. The predicted octanol–water partition coefficient (Wildman–Crippen LogP) is 1.74. The van der Waals surface area contributed by atoms with E-state index >= 15 is 0 Å². The van der Waals surface area contributed by atoms with Crippen LogP contribution in [0.4, 0.5) is 0 Å². The SMILES string of the molecule is CCC(C)CCCCCCC(=O)O[C@H]1[C@H](O)[C@@H](CO)O[C@@]1(CO)O[C@H]1O[C@H](CO)[C@@H](OC(=O)CC(C)C)[C@H](OC(=O)C(C)CC)[C@H]1O. The van der Waals surface area contributed by atoms with Gasteiger partial charge in [-0.3, -0.25) is 14.4 Å². The number of ether oxygens (including phenoxy) is 6. The molecule has 0 aliphatic carbocycles. The number of unbranched alkanes of at least 4 members (excludes halogenated alkanes) is 3. The van der Waals surface area contributed by atoms with E-state index in [-0.39, 0.29) is 18.8 Å². The van der Waals surface area contributed by atoms with Crippen molar-refractivity contribution in [3.8, 4) is 0 Å². The molecule has 14 nitrogen and oxygen atoms in total. The molecule has 14 heteroatoms. The topological polar surface area (TPSA) is 208 Å². The number of rotatable bonds is 20. The minimum atomic E-state index is -2.34. The van der Waals surface area contributed by atoms with Crippen molar-refractivity contribution in [1.29, 1.82) is 0 Å². The van der Waals surface area contributed by atoms with E-state index in [0.29, 0.717) is 18.8 Å². The van der Waals surface area contributed by atoms with Crippen LogP contribution in [-0.4, -0.2) is 118 Å². The van der Waals surface area contributed by atoms with E-state index in [9.17, 15) is 39.9 Å². The van der Waals surface area contributed by atoms with Crippen molar-refractivity contribution < 1.29 is 68.3 Å². The summed E-state index contributed by atoms with van der Waals surface area (Å²) in [5, 5.41) is 52.9. The van der Waals surface area contributed by atoms with Crippen molar-refractivity contribution in [2.24, 2.45) is 17.8 Å². The third-order valence-electron chi connectivity index (χ3n) is 8.88. The largest absolute Gasteiger partial charge is 0.455 e. The molecule has 2 aliphatic heterocycles. The molecule has 0 amide bonds. The van der Waals surface area contributed by atoms with Gasteiger partial charge in [-0.2, -0.15) is 0 Å². The summed E-state index contributed by atoms with van der Waals surface area (Å²) in [4.78, 5) is 38.3. The van der Waals surface area contributed by atoms with Gasteiger partial charge in [-0.15, -0.1) is 0 Å². The van der Waals surface area contributed by atoms with Crippen molar-refractivity contribution in [3.63, 3.8) is 0 Å². The maximum absolute atomic E-state index is 12.9. The Morgan fingerprint density at radius 3 is 2.02 bits per heavy atom. The highest BCUT2D eigenvalue weighted by atomic mass is 16.8. The van der Waals surface area contributed by atoms with Gasteiger partial charge in [-0.25, -0.2) is 0 Å². The molecule has 2 heterocycles. The van der Waals surface area contributed by atoms with Gasteiger partial charge in [-0.05, 0) is 24.7 Å². The summed E-state index contributed by atoms with van der Waals surface area (Å²) < 4.78 is 34.1. The van der Waals surface area contributed by atoms with Gasteiger partial charge in [0.2, 0.25) is 5.79 Å². The molecule has 0 aromatic rings. The van der Waals surface area contributed by atoms with Crippen molar-refractivity contribution in [2.45, 2.75) is 154 Å². The van der Waals surface area contributed by atoms with Crippen LogP contribution in [0.15, 0.2) is 0 Å². The summed E-state index contributed by atoms with van der Waals surface area (Å²) in [5.74, 6) is -4.45. The van der Waals surface area contributed by atoms with E-state index in [4.69, 9.17) is 28.4 Å². The summed E-state index contributed by atoms with van der Waals surface area (Å²) in [7, 11) is 0. The molecule has 2 aliphatic rings. The van der Waals surface area contributed by atoms with Gasteiger partial charge in [0, 0.05) is 12.8 Å². The highest BCUT2D eigenvalue weighted by Crippen LogP contribution is 2.39. The lowest BCUT2D eigenvalue weighted by molar-refractivity contribution is -0.384. The van der Waals surface area contributed by atoms with E-state index < -0.39 is 98.5 Å². The second kappa shape index (κ2) is 19.9. The van der Waals surface area contributed by atoms with Gasteiger partial charge in [0.25, 0.3) is 0 Å². The Balaban J connectivity index is 2.27. The first-order chi connectivity index (χ1) is 22.3. The van der Waals surface area contributed by atoms with Gasteiger partial charge in [0.1, 0.15) is 31.0 Å². The first-order valence-corrected chi connectivity index (χ1v) is 17.1. The van der Waals surface area contributed by atoms with Crippen molar-refractivity contribution in [3.05, 3.63) is 0 Å². The molecule has 0 aromatic heterocycles. The van der Waals surface area contributed by atoms with Crippen LogP contribution in [0.25, 0.3) is 0 Å². The van der Waals surface area contributed by atoms with Gasteiger partial charge < -0.3 is 54.0 Å². The van der Waals surface area contributed by atoms with Crippen molar-refractivity contribution in [2.75, 3.05) is 19.8 Å². The lowest BCUT2D eigenvalue weighted by atomic mass is 9.97. The van der Waals surface area contributed by atoms with Crippen LogP contribution in [0.1, 0.15) is 99.3 Å². The number of aliphatic hydroxyl groups is 5. The Bertz CT molecular complexity index is 962. The molecule has 0 radical (unpaired) electrons. The summed E-state index contributed by atoms with van der Waals surface area (Å²) >= 11 is 0. The average molecular weight is 679 g/mol. The minimum Gasteiger partial charge on any atom is -0.455 e. The molecule has 2 saturated heterocycles. The fourth-order valence-corrected chi connectivity index (χ4v) is 5.49. The molecule has 2 unspecified atom stereocenters. The summed E-state index contributed by atoms with van der Waals surface area (Å²) in [5.41, 5.74) is 0. The highest BCUT2D eigenvalue weighted by molar-refractivity contribution is 5.72. The lowest BCUT2D eigenvalue weighted by Crippen LogP contribution is -2.64. The molecule has 47 heavy (non-hydrogen) atoms. The molecule has 0 spiro atoms. The van der Waals surface area contributed by atoms with Gasteiger partial charge in [0.05, 0.1) is 19.1 Å². The Morgan fingerprint density at radius 2 is 1.45 bits per heavy atom. The highest BCUT2D eigenvalue weighted by Gasteiger charge is 2.61. The van der Waals surface area contributed by atoms with Gasteiger partial charge >= 0.3 is 17.9 Å². The molecular formula is C33H58O14. The minimum absolute atomic E-state index is 0.00368. The smallest absolute Gasteiger partial charge is 0.309 e. The summed E-state index contributed by atoms with van der Waals surface area (Å²) in [6.45, 7) is 8.80. The Morgan fingerprint density at radius 1 is 0.787 bits per heavy atom. The zero-order chi connectivity index (χ0) is 35.3. The van der Waals surface area contributed by atoms with Crippen LogP contribution < -0.4 is 0 Å². The molecule has 11 atom stereocenters. The van der Waals surface area contributed by atoms with Crippen LogP contribution in [0.5, 0.6) is 0 Å². The van der Waals surface area contributed by atoms with Crippen LogP contribution in [0.2, 0.25) is 0 Å². The Labute approximate surface area is 278 Å². The zero-order valence-corrected chi connectivity index (χ0v) is 28.7.